The summed E-state index contributed by atoms with van der Waals surface area (Å²) < 4.78 is 18.6. The lowest BCUT2D eigenvalue weighted by atomic mass is 9.87. The van der Waals surface area contributed by atoms with E-state index >= 15 is 0 Å². The van der Waals surface area contributed by atoms with Crippen molar-refractivity contribution in [1.82, 2.24) is 5.32 Å². The molecule has 2 N–H and O–H groups in total. The number of rotatable bonds is 7. The van der Waals surface area contributed by atoms with Gasteiger partial charge in [-0.3, -0.25) is 9.59 Å². The summed E-state index contributed by atoms with van der Waals surface area (Å²) in [4.78, 5) is 24.1. The number of carbonyl (C=O) groups is 2. The van der Waals surface area contributed by atoms with Gasteiger partial charge in [-0.25, -0.2) is 4.39 Å². The molecule has 0 aliphatic rings. The fourth-order valence-corrected chi connectivity index (χ4v) is 2.79. The summed E-state index contributed by atoms with van der Waals surface area (Å²) in [6, 6.07) is 12.7. The molecular weight excluding hydrogens is 337 g/mol. The Morgan fingerprint density at radius 2 is 1.92 bits per heavy atom. The molecule has 2 aromatic rings. The van der Waals surface area contributed by atoms with Crippen molar-refractivity contribution >= 4 is 11.9 Å². The van der Waals surface area contributed by atoms with Gasteiger partial charge < -0.3 is 15.2 Å². The number of halogens is 1. The van der Waals surface area contributed by atoms with E-state index in [0.717, 1.165) is 0 Å². The average Bonchev–Trinajstić information content (AvgIpc) is 2.60. The minimum atomic E-state index is -1.14. The molecule has 6 heteroatoms. The number of nitrogens with one attached hydrogen (secondary N) is 1. The molecule has 0 aliphatic heterocycles. The zero-order valence-electron chi connectivity index (χ0n) is 15.0. The highest BCUT2D eigenvalue weighted by Gasteiger charge is 2.33. The fraction of sp³-hybridized carbons (Fsp3) is 0.300. The highest BCUT2D eigenvalue weighted by Crippen LogP contribution is 2.29. The molecule has 0 saturated carbocycles. The van der Waals surface area contributed by atoms with Crippen LogP contribution in [0.5, 0.6) is 5.75 Å². The molecule has 26 heavy (non-hydrogen) atoms. The van der Waals surface area contributed by atoms with Crippen LogP contribution in [-0.2, 0) is 15.1 Å². The minimum Gasteiger partial charge on any atom is -0.497 e. The van der Waals surface area contributed by atoms with E-state index in [-0.39, 0.29) is 12.3 Å². The van der Waals surface area contributed by atoms with Gasteiger partial charge in [0.25, 0.3) is 0 Å². The molecule has 0 bridgehead atoms. The van der Waals surface area contributed by atoms with Gasteiger partial charge in [0, 0.05) is 0 Å². The predicted molar refractivity (Wildman–Crippen MR) is 95.6 cm³/mol. The quantitative estimate of drug-likeness (QED) is 0.794. The SMILES string of the molecule is COc1cccc(C(C)(CC(=O)O)NC(=O)C(C)c2cccc(F)c2)c1. The number of benzene rings is 2. The number of amides is 1. The maximum absolute atomic E-state index is 13.4. The predicted octanol–water partition coefficient (Wildman–Crippen LogP) is 3.44. The van der Waals surface area contributed by atoms with Gasteiger partial charge in [-0.05, 0) is 49.2 Å². The van der Waals surface area contributed by atoms with Gasteiger partial charge >= 0.3 is 5.97 Å². The number of hydrogen-bond acceptors (Lipinski definition) is 3. The van der Waals surface area contributed by atoms with Gasteiger partial charge in [0.1, 0.15) is 11.6 Å². The van der Waals surface area contributed by atoms with Gasteiger partial charge in [-0.2, -0.15) is 0 Å². The summed E-state index contributed by atoms with van der Waals surface area (Å²) in [5.74, 6) is -1.93. The van der Waals surface area contributed by atoms with Crippen LogP contribution in [-0.4, -0.2) is 24.1 Å². The van der Waals surface area contributed by atoms with Crippen molar-refractivity contribution in [1.29, 1.82) is 0 Å². The molecular formula is C20H22FNO4. The van der Waals surface area contributed by atoms with Crippen LogP contribution in [0.4, 0.5) is 4.39 Å². The lowest BCUT2D eigenvalue weighted by Crippen LogP contribution is -2.46. The summed E-state index contributed by atoms with van der Waals surface area (Å²) in [6.07, 6.45) is -0.304. The summed E-state index contributed by atoms with van der Waals surface area (Å²) in [5, 5.41) is 12.1. The summed E-state index contributed by atoms with van der Waals surface area (Å²) in [7, 11) is 1.51. The summed E-state index contributed by atoms with van der Waals surface area (Å²) in [6.45, 7) is 3.29. The van der Waals surface area contributed by atoms with Crippen LogP contribution in [0.25, 0.3) is 0 Å². The normalized spacial score (nSPS) is 14.2. The highest BCUT2D eigenvalue weighted by molar-refractivity contribution is 5.84. The van der Waals surface area contributed by atoms with Crippen molar-refractivity contribution in [2.75, 3.05) is 7.11 Å². The molecule has 0 saturated heterocycles. The van der Waals surface area contributed by atoms with Crippen LogP contribution in [0.3, 0.4) is 0 Å². The van der Waals surface area contributed by atoms with E-state index in [1.165, 1.54) is 25.3 Å². The van der Waals surface area contributed by atoms with Crippen molar-refractivity contribution in [3.8, 4) is 5.75 Å². The van der Waals surface area contributed by atoms with E-state index in [1.807, 2.05) is 0 Å². The topological polar surface area (TPSA) is 75.6 Å². The molecule has 138 valence electrons. The number of methoxy groups -OCH3 is 1. The van der Waals surface area contributed by atoms with E-state index in [4.69, 9.17) is 4.74 Å². The number of ether oxygens (including phenoxy) is 1. The second kappa shape index (κ2) is 7.99. The maximum Gasteiger partial charge on any atom is 0.306 e. The van der Waals surface area contributed by atoms with Crippen LogP contribution < -0.4 is 10.1 Å². The number of carboxylic acid groups (broad SMARTS) is 1. The van der Waals surface area contributed by atoms with Crippen LogP contribution in [0.1, 0.15) is 37.3 Å². The third-order valence-electron chi connectivity index (χ3n) is 4.35. The third kappa shape index (κ3) is 4.59. The molecule has 5 nitrogen and oxygen atoms in total. The van der Waals surface area contributed by atoms with E-state index in [0.29, 0.717) is 16.9 Å². The van der Waals surface area contributed by atoms with E-state index in [2.05, 4.69) is 5.32 Å². The van der Waals surface area contributed by atoms with Crippen molar-refractivity contribution in [3.63, 3.8) is 0 Å². The molecule has 2 atom stereocenters. The first-order chi connectivity index (χ1) is 12.2. The number of aliphatic carboxylic acids is 1. The zero-order chi connectivity index (χ0) is 19.3. The van der Waals surface area contributed by atoms with Crippen LogP contribution in [0, 0.1) is 5.82 Å². The maximum atomic E-state index is 13.4. The standard InChI is InChI=1S/C20H22FNO4/c1-13(14-6-4-8-16(21)10-14)19(25)22-20(2,12-18(23)24)15-7-5-9-17(11-15)26-3/h4-11,13H,12H2,1-3H3,(H,22,25)(H,23,24). The Labute approximate surface area is 151 Å². The second-order valence-electron chi connectivity index (χ2n) is 6.40. The van der Waals surface area contributed by atoms with Gasteiger partial charge in [0.05, 0.1) is 25.0 Å². The monoisotopic (exact) mass is 359 g/mol. The first-order valence-electron chi connectivity index (χ1n) is 8.19. The average molecular weight is 359 g/mol. The van der Waals surface area contributed by atoms with Gasteiger partial charge in [0.15, 0.2) is 0 Å². The number of carboxylic acids is 1. The molecule has 0 aliphatic carbocycles. The zero-order valence-corrected chi connectivity index (χ0v) is 15.0. The molecule has 2 unspecified atom stereocenters. The Kier molecular flexibility index (Phi) is 5.97. The van der Waals surface area contributed by atoms with E-state index < -0.39 is 23.2 Å². The molecule has 1 amide bonds. The van der Waals surface area contributed by atoms with E-state index in [1.54, 1.807) is 44.2 Å². The molecule has 0 heterocycles. The van der Waals surface area contributed by atoms with Crippen molar-refractivity contribution in [3.05, 3.63) is 65.5 Å². The Morgan fingerprint density at radius 1 is 1.23 bits per heavy atom. The Bertz CT molecular complexity index is 808. The molecule has 2 rings (SSSR count). The molecule has 0 radical (unpaired) electrons. The molecule has 0 spiro atoms. The summed E-state index contributed by atoms with van der Waals surface area (Å²) >= 11 is 0. The third-order valence-corrected chi connectivity index (χ3v) is 4.35. The van der Waals surface area contributed by atoms with Crippen LogP contribution >= 0.6 is 0 Å². The lowest BCUT2D eigenvalue weighted by Gasteiger charge is -2.31. The number of hydrogen-bond donors (Lipinski definition) is 2. The van der Waals surface area contributed by atoms with E-state index in [9.17, 15) is 19.1 Å². The van der Waals surface area contributed by atoms with Crippen molar-refractivity contribution in [2.45, 2.75) is 31.7 Å². The highest BCUT2D eigenvalue weighted by atomic mass is 19.1. The lowest BCUT2D eigenvalue weighted by molar-refractivity contribution is -0.139. The molecule has 0 aromatic heterocycles. The Morgan fingerprint density at radius 3 is 2.54 bits per heavy atom. The fourth-order valence-electron chi connectivity index (χ4n) is 2.79. The molecule has 2 aromatic carbocycles. The van der Waals surface area contributed by atoms with Crippen LogP contribution in [0.2, 0.25) is 0 Å². The molecule has 0 fully saturated rings. The van der Waals surface area contributed by atoms with Gasteiger partial charge in [-0.15, -0.1) is 0 Å². The Balaban J connectivity index is 2.31. The van der Waals surface area contributed by atoms with Crippen LogP contribution in [0.15, 0.2) is 48.5 Å². The Hall–Kier alpha value is -2.89. The largest absolute Gasteiger partial charge is 0.497 e. The van der Waals surface area contributed by atoms with Gasteiger partial charge in [-0.1, -0.05) is 24.3 Å². The van der Waals surface area contributed by atoms with Crippen molar-refractivity contribution in [2.24, 2.45) is 0 Å². The minimum absolute atomic E-state index is 0.304. The number of carbonyl (C=O) groups excluding carboxylic acids is 1. The van der Waals surface area contributed by atoms with Gasteiger partial charge in [0.2, 0.25) is 5.91 Å². The smallest absolute Gasteiger partial charge is 0.306 e. The first-order valence-corrected chi connectivity index (χ1v) is 8.19. The second-order valence-corrected chi connectivity index (χ2v) is 6.40. The summed E-state index contributed by atoms with van der Waals surface area (Å²) in [5.41, 5.74) is -0.0103. The van der Waals surface area contributed by atoms with Crippen molar-refractivity contribution < 1.29 is 23.8 Å². The first kappa shape index (κ1) is 19.4.